The summed E-state index contributed by atoms with van der Waals surface area (Å²) in [4.78, 5) is 11.1. The van der Waals surface area contributed by atoms with Gasteiger partial charge >= 0.3 is 0 Å². The summed E-state index contributed by atoms with van der Waals surface area (Å²) < 4.78 is 0. The SMILES string of the molecule is C=C(CCC(=O)CC)c1ccc(Cl)cc1. The van der Waals surface area contributed by atoms with Crippen LogP contribution in [0.1, 0.15) is 31.7 Å². The Labute approximate surface area is 95.8 Å². The van der Waals surface area contributed by atoms with E-state index in [0.29, 0.717) is 12.8 Å². The summed E-state index contributed by atoms with van der Waals surface area (Å²) in [6, 6.07) is 7.54. The summed E-state index contributed by atoms with van der Waals surface area (Å²) in [7, 11) is 0. The van der Waals surface area contributed by atoms with E-state index in [1.807, 2.05) is 31.2 Å². The van der Waals surface area contributed by atoms with Gasteiger partial charge in [0.1, 0.15) is 5.78 Å². The number of allylic oxidation sites excluding steroid dienone is 1. The predicted molar refractivity (Wildman–Crippen MR) is 65.0 cm³/mol. The van der Waals surface area contributed by atoms with E-state index >= 15 is 0 Å². The first-order valence-corrected chi connectivity index (χ1v) is 5.46. The lowest BCUT2D eigenvalue weighted by Gasteiger charge is -2.04. The van der Waals surface area contributed by atoms with Gasteiger partial charge in [-0.2, -0.15) is 0 Å². The molecule has 0 atom stereocenters. The number of benzene rings is 1. The van der Waals surface area contributed by atoms with Gasteiger partial charge in [-0.25, -0.2) is 0 Å². The maximum atomic E-state index is 11.1. The molecule has 0 saturated carbocycles. The average molecular weight is 223 g/mol. The van der Waals surface area contributed by atoms with Crippen LogP contribution in [0.3, 0.4) is 0 Å². The smallest absolute Gasteiger partial charge is 0.132 e. The van der Waals surface area contributed by atoms with E-state index in [1.54, 1.807) is 0 Å². The van der Waals surface area contributed by atoms with Gasteiger partial charge in [-0.15, -0.1) is 0 Å². The van der Waals surface area contributed by atoms with Gasteiger partial charge in [-0.1, -0.05) is 37.2 Å². The highest BCUT2D eigenvalue weighted by Crippen LogP contribution is 2.20. The molecule has 0 saturated heterocycles. The minimum Gasteiger partial charge on any atom is -0.300 e. The molecular weight excluding hydrogens is 208 g/mol. The lowest BCUT2D eigenvalue weighted by atomic mass is 10.0. The van der Waals surface area contributed by atoms with Crippen LogP contribution in [0.25, 0.3) is 5.57 Å². The van der Waals surface area contributed by atoms with Crippen LogP contribution in [0.2, 0.25) is 5.02 Å². The molecular formula is C13H15ClO. The quantitative estimate of drug-likeness (QED) is 0.733. The molecule has 0 amide bonds. The van der Waals surface area contributed by atoms with Gasteiger partial charge in [-0.3, -0.25) is 4.79 Å². The van der Waals surface area contributed by atoms with Crippen LogP contribution < -0.4 is 0 Å². The molecule has 2 heteroatoms. The van der Waals surface area contributed by atoms with Crippen molar-refractivity contribution in [3.05, 3.63) is 41.4 Å². The van der Waals surface area contributed by atoms with E-state index in [2.05, 4.69) is 6.58 Å². The second-order valence-electron chi connectivity index (χ2n) is 3.50. The second kappa shape index (κ2) is 5.72. The maximum absolute atomic E-state index is 11.1. The highest BCUT2D eigenvalue weighted by atomic mass is 35.5. The first-order valence-electron chi connectivity index (χ1n) is 5.09. The van der Waals surface area contributed by atoms with E-state index in [9.17, 15) is 4.79 Å². The number of hydrogen-bond donors (Lipinski definition) is 0. The minimum atomic E-state index is 0.283. The molecule has 0 bridgehead atoms. The molecule has 0 fully saturated rings. The van der Waals surface area contributed by atoms with E-state index in [-0.39, 0.29) is 5.78 Å². The van der Waals surface area contributed by atoms with Crippen LogP contribution >= 0.6 is 11.6 Å². The zero-order chi connectivity index (χ0) is 11.3. The Morgan fingerprint density at radius 2 is 1.87 bits per heavy atom. The van der Waals surface area contributed by atoms with Crippen molar-refractivity contribution in [2.75, 3.05) is 0 Å². The van der Waals surface area contributed by atoms with E-state index in [1.165, 1.54) is 0 Å². The average Bonchev–Trinajstić information content (AvgIpc) is 2.26. The third kappa shape index (κ3) is 3.88. The van der Waals surface area contributed by atoms with Crippen molar-refractivity contribution in [3.8, 4) is 0 Å². The molecule has 0 spiro atoms. The highest BCUT2D eigenvalue weighted by Gasteiger charge is 2.02. The van der Waals surface area contributed by atoms with Crippen molar-refractivity contribution in [1.29, 1.82) is 0 Å². The number of rotatable bonds is 5. The zero-order valence-corrected chi connectivity index (χ0v) is 9.68. The molecule has 1 aromatic carbocycles. The van der Waals surface area contributed by atoms with Crippen molar-refractivity contribution in [2.24, 2.45) is 0 Å². The normalized spacial score (nSPS) is 10.0. The van der Waals surface area contributed by atoms with E-state index < -0.39 is 0 Å². The number of carbonyl (C=O) groups is 1. The van der Waals surface area contributed by atoms with Gasteiger partial charge in [-0.05, 0) is 29.7 Å². The van der Waals surface area contributed by atoms with Crippen LogP contribution in [0, 0.1) is 0 Å². The summed E-state index contributed by atoms with van der Waals surface area (Å²) in [6.45, 7) is 5.85. The third-order valence-electron chi connectivity index (χ3n) is 2.35. The summed E-state index contributed by atoms with van der Waals surface area (Å²) >= 11 is 5.78. The highest BCUT2D eigenvalue weighted by molar-refractivity contribution is 6.30. The van der Waals surface area contributed by atoms with Crippen molar-refractivity contribution in [2.45, 2.75) is 26.2 Å². The topological polar surface area (TPSA) is 17.1 Å². The Hall–Kier alpha value is -1.08. The van der Waals surface area contributed by atoms with Crippen LogP contribution in [0.5, 0.6) is 0 Å². The fourth-order valence-corrected chi connectivity index (χ4v) is 1.42. The zero-order valence-electron chi connectivity index (χ0n) is 8.92. The fourth-order valence-electron chi connectivity index (χ4n) is 1.30. The molecule has 0 N–H and O–H groups in total. The summed E-state index contributed by atoms with van der Waals surface area (Å²) in [5.41, 5.74) is 2.05. The molecule has 0 aliphatic heterocycles. The standard InChI is InChI=1S/C13H15ClO/c1-3-13(15)9-4-10(2)11-5-7-12(14)8-6-11/h5-8H,2-4,9H2,1H3. The summed E-state index contributed by atoms with van der Waals surface area (Å²) in [6.07, 6.45) is 1.92. The number of ketones is 1. The van der Waals surface area contributed by atoms with Crippen molar-refractivity contribution >= 4 is 23.0 Å². The molecule has 1 nitrogen and oxygen atoms in total. The Morgan fingerprint density at radius 1 is 1.27 bits per heavy atom. The molecule has 1 aromatic rings. The van der Waals surface area contributed by atoms with E-state index in [0.717, 1.165) is 22.6 Å². The monoisotopic (exact) mass is 222 g/mol. The molecule has 0 radical (unpaired) electrons. The Kier molecular flexibility index (Phi) is 4.57. The van der Waals surface area contributed by atoms with Gasteiger partial charge in [0.05, 0.1) is 0 Å². The Balaban J connectivity index is 2.54. The molecule has 0 heterocycles. The number of halogens is 1. The van der Waals surface area contributed by atoms with Gasteiger partial charge in [0, 0.05) is 17.9 Å². The summed E-state index contributed by atoms with van der Waals surface area (Å²) in [5, 5.41) is 0.719. The molecule has 0 aliphatic carbocycles. The Morgan fingerprint density at radius 3 is 2.40 bits per heavy atom. The molecule has 0 unspecified atom stereocenters. The first kappa shape index (κ1) is 12.0. The maximum Gasteiger partial charge on any atom is 0.132 e. The van der Waals surface area contributed by atoms with Gasteiger partial charge in [0.25, 0.3) is 0 Å². The third-order valence-corrected chi connectivity index (χ3v) is 2.60. The van der Waals surface area contributed by atoms with Crippen LogP contribution in [-0.2, 0) is 4.79 Å². The lowest BCUT2D eigenvalue weighted by Crippen LogP contribution is -1.95. The number of carbonyl (C=O) groups excluding carboxylic acids is 1. The fraction of sp³-hybridized carbons (Fsp3) is 0.308. The molecule has 0 aliphatic rings. The van der Waals surface area contributed by atoms with Crippen molar-refractivity contribution < 1.29 is 4.79 Å². The van der Waals surface area contributed by atoms with Crippen LogP contribution in [-0.4, -0.2) is 5.78 Å². The lowest BCUT2D eigenvalue weighted by molar-refractivity contribution is -0.118. The molecule has 15 heavy (non-hydrogen) atoms. The van der Waals surface area contributed by atoms with Crippen molar-refractivity contribution in [3.63, 3.8) is 0 Å². The molecule has 0 aromatic heterocycles. The summed E-state index contributed by atoms with van der Waals surface area (Å²) in [5.74, 6) is 0.283. The number of Topliss-reactive ketones (excluding diaryl/α,β-unsaturated/α-hetero) is 1. The van der Waals surface area contributed by atoms with Gasteiger partial charge in [0.2, 0.25) is 0 Å². The van der Waals surface area contributed by atoms with Gasteiger partial charge < -0.3 is 0 Å². The van der Waals surface area contributed by atoms with Crippen LogP contribution in [0.4, 0.5) is 0 Å². The predicted octanol–water partition coefficient (Wildman–Crippen LogP) is 4.11. The van der Waals surface area contributed by atoms with Crippen LogP contribution in [0.15, 0.2) is 30.8 Å². The second-order valence-corrected chi connectivity index (χ2v) is 3.94. The van der Waals surface area contributed by atoms with Gasteiger partial charge in [0.15, 0.2) is 0 Å². The number of hydrogen-bond acceptors (Lipinski definition) is 1. The Bertz CT molecular complexity index is 351. The first-order chi connectivity index (χ1) is 7.13. The van der Waals surface area contributed by atoms with Crippen molar-refractivity contribution in [1.82, 2.24) is 0 Å². The largest absolute Gasteiger partial charge is 0.300 e. The molecule has 80 valence electrons. The minimum absolute atomic E-state index is 0.283. The van der Waals surface area contributed by atoms with E-state index in [4.69, 9.17) is 11.6 Å². The molecule has 1 rings (SSSR count).